The molecule has 0 bridgehead atoms. The van der Waals surface area contributed by atoms with Crippen LogP contribution in [0.1, 0.15) is 10.4 Å². The average Bonchev–Trinajstić information content (AvgIpc) is 2.85. The average molecular weight is 537 g/mol. The third kappa shape index (κ3) is 6.64. The number of amides is 2. The molecule has 0 radical (unpaired) electrons. The van der Waals surface area contributed by atoms with Gasteiger partial charge in [0.05, 0.1) is 14.9 Å². The van der Waals surface area contributed by atoms with Gasteiger partial charge in [0.2, 0.25) is 11.6 Å². The highest BCUT2D eigenvalue weighted by Crippen LogP contribution is 2.28. The van der Waals surface area contributed by atoms with E-state index < -0.39 is 45.6 Å². The standard InChI is InChI=1S/C19H14Cl2N8O7/c20-11-4-5-14(13(21)7-11)36-8-15(30)24-25-17-16(29(34)35)18(23-9-22-17)26-27-19(31)10-2-1-3-12(6-10)28(32)33/h1-7,9H,8H2,(H,24,30)(H,27,31)(H2,22,23,25,26). The normalized spacial score (nSPS) is 10.2. The number of non-ortho nitro benzene ring substituents is 1. The highest BCUT2D eigenvalue weighted by atomic mass is 35.5. The van der Waals surface area contributed by atoms with E-state index in [4.69, 9.17) is 27.9 Å². The number of halogens is 2. The number of hydrogen-bond acceptors (Lipinski definition) is 11. The molecular weight excluding hydrogens is 523 g/mol. The number of nitrogens with zero attached hydrogens (tertiary/aromatic N) is 4. The van der Waals surface area contributed by atoms with E-state index in [1.807, 2.05) is 0 Å². The molecule has 0 saturated carbocycles. The fourth-order valence-electron chi connectivity index (χ4n) is 2.58. The van der Waals surface area contributed by atoms with E-state index in [9.17, 15) is 29.8 Å². The second-order valence-electron chi connectivity index (χ2n) is 6.60. The molecule has 36 heavy (non-hydrogen) atoms. The minimum Gasteiger partial charge on any atom is -0.482 e. The molecule has 0 aliphatic heterocycles. The quantitative estimate of drug-likeness (QED) is 0.219. The van der Waals surface area contributed by atoms with Gasteiger partial charge in [-0.25, -0.2) is 9.97 Å². The predicted octanol–water partition coefficient (Wildman–Crippen LogP) is 2.88. The smallest absolute Gasteiger partial charge is 0.356 e. The van der Waals surface area contributed by atoms with Gasteiger partial charge in [0.1, 0.15) is 12.1 Å². The summed E-state index contributed by atoms with van der Waals surface area (Å²) in [6.07, 6.45) is 0.924. The van der Waals surface area contributed by atoms with Crippen LogP contribution in [-0.4, -0.2) is 38.2 Å². The first kappa shape index (κ1) is 25.9. The lowest BCUT2D eigenvalue weighted by Gasteiger charge is -2.12. The maximum absolute atomic E-state index is 12.3. The van der Waals surface area contributed by atoms with Crippen molar-refractivity contribution in [1.82, 2.24) is 20.8 Å². The van der Waals surface area contributed by atoms with Gasteiger partial charge in [-0.05, 0) is 24.3 Å². The van der Waals surface area contributed by atoms with Gasteiger partial charge in [0.15, 0.2) is 6.61 Å². The third-order valence-corrected chi connectivity index (χ3v) is 4.72. The fourth-order valence-corrected chi connectivity index (χ4v) is 3.05. The van der Waals surface area contributed by atoms with Crippen molar-refractivity contribution in [2.45, 2.75) is 0 Å². The molecule has 186 valence electrons. The van der Waals surface area contributed by atoms with E-state index in [0.717, 1.165) is 12.4 Å². The molecule has 17 heteroatoms. The topological polar surface area (TPSA) is 204 Å². The van der Waals surface area contributed by atoms with Crippen molar-refractivity contribution < 1.29 is 24.2 Å². The molecule has 0 aliphatic rings. The van der Waals surface area contributed by atoms with E-state index in [0.29, 0.717) is 5.02 Å². The Labute approximate surface area is 211 Å². The minimum absolute atomic E-state index is 0.0835. The summed E-state index contributed by atoms with van der Waals surface area (Å²) in [4.78, 5) is 52.7. The molecule has 2 amide bonds. The molecule has 0 saturated heterocycles. The molecule has 1 aromatic heterocycles. The zero-order chi connectivity index (χ0) is 26.2. The van der Waals surface area contributed by atoms with Gasteiger partial charge < -0.3 is 4.74 Å². The largest absolute Gasteiger partial charge is 0.482 e. The molecule has 0 fully saturated rings. The van der Waals surface area contributed by atoms with Gasteiger partial charge in [0, 0.05) is 22.7 Å². The van der Waals surface area contributed by atoms with Gasteiger partial charge in [0.25, 0.3) is 17.5 Å². The van der Waals surface area contributed by atoms with Gasteiger partial charge in [-0.1, -0.05) is 29.3 Å². The minimum atomic E-state index is -0.861. The summed E-state index contributed by atoms with van der Waals surface area (Å²) in [5.41, 5.74) is 7.74. The lowest BCUT2D eigenvalue weighted by Crippen LogP contribution is -2.34. The number of rotatable bonds is 10. The van der Waals surface area contributed by atoms with Gasteiger partial charge in [-0.3, -0.25) is 51.5 Å². The second-order valence-corrected chi connectivity index (χ2v) is 7.44. The van der Waals surface area contributed by atoms with Crippen LogP contribution in [-0.2, 0) is 4.79 Å². The van der Waals surface area contributed by atoms with Crippen LogP contribution in [0.3, 0.4) is 0 Å². The first-order chi connectivity index (χ1) is 17.2. The van der Waals surface area contributed by atoms with Crippen molar-refractivity contribution in [3.63, 3.8) is 0 Å². The lowest BCUT2D eigenvalue weighted by molar-refractivity contribution is -0.384. The number of aromatic nitrogens is 2. The number of carbonyl (C=O) groups is 2. The van der Waals surface area contributed by atoms with E-state index >= 15 is 0 Å². The zero-order valence-electron chi connectivity index (χ0n) is 17.7. The molecule has 2 aromatic carbocycles. The molecule has 4 N–H and O–H groups in total. The predicted molar refractivity (Wildman–Crippen MR) is 127 cm³/mol. The van der Waals surface area contributed by atoms with Crippen LogP contribution in [0.25, 0.3) is 0 Å². The number of anilines is 2. The zero-order valence-corrected chi connectivity index (χ0v) is 19.2. The van der Waals surface area contributed by atoms with E-state index in [-0.39, 0.29) is 22.0 Å². The van der Waals surface area contributed by atoms with Crippen LogP contribution in [0.5, 0.6) is 5.75 Å². The van der Waals surface area contributed by atoms with Crippen LogP contribution >= 0.6 is 23.2 Å². The number of nitro groups is 2. The van der Waals surface area contributed by atoms with Crippen molar-refractivity contribution in [1.29, 1.82) is 0 Å². The van der Waals surface area contributed by atoms with Gasteiger partial charge in [-0.15, -0.1) is 0 Å². The molecule has 1 heterocycles. The lowest BCUT2D eigenvalue weighted by atomic mass is 10.2. The Balaban J connectivity index is 1.64. The monoisotopic (exact) mass is 536 g/mol. The van der Waals surface area contributed by atoms with Crippen LogP contribution in [0.4, 0.5) is 23.0 Å². The number of nitrogens with one attached hydrogen (secondary N) is 4. The van der Waals surface area contributed by atoms with Crippen molar-refractivity contribution >= 4 is 58.0 Å². The van der Waals surface area contributed by atoms with Gasteiger partial charge >= 0.3 is 5.69 Å². The van der Waals surface area contributed by atoms with E-state index in [1.54, 1.807) is 0 Å². The number of hydrogen-bond donors (Lipinski definition) is 4. The first-order valence-corrected chi connectivity index (χ1v) is 10.3. The Morgan fingerprint density at radius 2 is 1.64 bits per heavy atom. The first-order valence-electron chi connectivity index (χ1n) is 9.58. The van der Waals surface area contributed by atoms with Gasteiger partial charge in [-0.2, -0.15) is 0 Å². The summed E-state index contributed by atoms with van der Waals surface area (Å²) >= 11 is 11.7. The summed E-state index contributed by atoms with van der Waals surface area (Å²) in [5, 5.41) is 23.0. The molecule has 3 aromatic rings. The maximum atomic E-state index is 12.3. The maximum Gasteiger partial charge on any atom is 0.356 e. The van der Waals surface area contributed by atoms with E-state index in [2.05, 4.69) is 31.7 Å². The van der Waals surface area contributed by atoms with Crippen LogP contribution in [0, 0.1) is 20.2 Å². The Hall–Kier alpha value is -4.76. The molecule has 0 unspecified atom stereocenters. The Morgan fingerprint density at radius 1 is 0.944 bits per heavy atom. The molecular formula is C19H14Cl2N8O7. The Kier molecular flexibility index (Phi) is 8.32. The third-order valence-electron chi connectivity index (χ3n) is 4.19. The molecule has 0 atom stereocenters. The van der Waals surface area contributed by atoms with Crippen molar-refractivity contribution in [3.8, 4) is 5.75 Å². The van der Waals surface area contributed by atoms with Crippen molar-refractivity contribution in [3.05, 3.63) is 84.6 Å². The summed E-state index contributed by atoms with van der Waals surface area (Å²) in [6.45, 7) is -0.502. The number of hydrazine groups is 2. The van der Waals surface area contributed by atoms with E-state index in [1.165, 1.54) is 36.4 Å². The number of nitro benzene ring substituents is 1. The Bertz CT molecular complexity index is 1340. The molecule has 15 nitrogen and oxygen atoms in total. The SMILES string of the molecule is O=C(COc1ccc(Cl)cc1Cl)NNc1ncnc(NNC(=O)c2cccc([N+](=O)[O-])c2)c1[N+](=O)[O-]. The van der Waals surface area contributed by atoms with Crippen LogP contribution in [0.15, 0.2) is 48.8 Å². The summed E-state index contributed by atoms with van der Waals surface area (Å²) in [5.74, 6) is -2.22. The summed E-state index contributed by atoms with van der Waals surface area (Å²) in [7, 11) is 0. The summed E-state index contributed by atoms with van der Waals surface area (Å²) in [6, 6.07) is 9.21. The molecule has 3 rings (SSSR count). The van der Waals surface area contributed by atoms with Crippen molar-refractivity contribution in [2.75, 3.05) is 17.5 Å². The number of benzene rings is 2. The summed E-state index contributed by atoms with van der Waals surface area (Å²) < 4.78 is 5.26. The Morgan fingerprint density at radius 3 is 2.28 bits per heavy atom. The van der Waals surface area contributed by atoms with Crippen molar-refractivity contribution in [2.24, 2.45) is 0 Å². The molecule has 0 spiro atoms. The highest BCUT2D eigenvalue weighted by molar-refractivity contribution is 6.35. The number of carbonyl (C=O) groups excluding carboxylic acids is 2. The number of ether oxygens (including phenoxy) is 1. The van der Waals surface area contributed by atoms with Crippen LogP contribution < -0.4 is 26.4 Å². The second kappa shape index (κ2) is 11.6. The van der Waals surface area contributed by atoms with Crippen LogP contribution in [0.2, 0.25) is 10.0 Å². The molecule has 0 aliphatic carbocycles. The highest BCUT2D eigenvalue weighted by Gasteiger charge is 2.24. The fraction of sp³-hybridized carbons (Fsp3) is 0.0526.